The molecule has 3 aliphatic heterocycles. The van der Waals surface area contributed by atoms with Crippen LogP contribution >= 0.6 is 11.3 Å². The molecule has 4 heterocycles. The topological polar surface area (TPSA) is 83.9 Å². The van der Waals surface area contributed by atoms with Crippen LogP contribution in [0.3, 0.4) is 0 Å². The maximum absolute atomic E-state index is 11.7. The van der Waals surface area contributed by atoms with E-state index in [1.807, 2.05) is 5.51 Å². The summed E-state index contributed by atoms with van der Waals surface area (Å²) in [5.41, 5.74) is 3.11. The van der Waals surface area contributed by atoms with Crippen molar-refractivity contribution in [1.82, 2.24) is 15.2 Å². The van der Waals surface area contributed by atoms with Crippen LogP contribution in [0.1, 0.15) is 29.8 Å². The molecule has 0 spiro atoms. The fourth-order valence-corrected chi connectivity index (χ4v) is 6.49. The molecule has 0 saturated carbocycles. The molecule has 0 aromatic carbocycles. The lowest BCUT2D eigenvalue weighted by molar-refractivity contribution is 0.113. The van der Waals surface area contributed by atoms with Crippen LogP contribution in [-0.4, -0.2) is 68.1 Å². The summed E-state index contributed by atoms with van der Waals surface area (Å²) in [5.74, 6) is 1.60. The van der Waals surface area contributed by atoms with Crippen LogP contribution in [0.15, 0.2) is 10.5 Å². The summed E-state index contributed by atoms with van der Waals surface area (Å²) in [4.78, 5) is 12.8. The van der Waals surface area contributed by atoms with Crippen molar-refractivity contribution in [2.24, 2.45) is 10.9 Å². The number of aliphatic imine (C=N–C) groups is 1. The van der Waals surface area contributed by atoms with Gasteiger partial charge in [-0.25, -0.2) is 13.4 Å². The summed E-state index contributed by atoms with van der Waals surface area (Å²) in [6, 6.07) is 0. The van der Waals surface area contributed by atoms with E-state index in [-0.39, 0.29) is 17.8 Å². The lowest BCUT2D eigenvalue weighted by atomic mass is 10.1. The number of rotatable bonds is 4. The van der Waals surface area contributed by atoms with E-state index in [0.29, 0.717) is 12.3 Å². The Morgan fingerprint density at radius 3 is 3.15 bits per heavy atom. The Kier molecular flexibility index (Phi) is 5.47. The van der Waals surface area contributed by atoms with Crippen LogP contribution in [-0.2, 0) is 27.5 Å². The Labute approximate surface area is 158 Å². The number of ether oxygens (including phenoxy) is 1. The van der Waals surface area contributed by atoms with Gasteiger partial charge in [-0.05, 0) is 25.2 Å². The zero-order valence-corrected chi connectivity index (χ0v) is 16.5. The van der Waals surface area contributed by atoms with Crippen LogP contribution in [0.2, 0.25) is 0 Å². The lowest BCUT2D eigenvalue weighted by Gasteiger charge is -2.30. The molecule has 3 aliphatic rings. The van der Waals surface area contributed by atoms with Crippen LogP contribution in [0.25, 0.3) is 0 Å². The second kappa shape index (κ2) is 7.82. The van der Waals surface area contributed by atoms with Gasteiger partial charge in [-0.2, -0.15) is 0 Å². The van der Waals surface area contributed by atoms with E-state index >= 15 is 0 Å². The minimum Gasteiger partial charge on any atom is -0.376 e. The first-order valence-corrected chi connectivity index (χ1v) is 12.1. The van der Waals surface area contributed by atoms with E-state index in [4.69, 9.17) is 9.73 Å². The smallest absolute Gasteiger partial charge is 0.194 e. The van der Waals surface area contributed by atoms with Gasteiger partial charge in [-0.1, -0.05) is 0 Å². The van der Waals surface area contributed by atoms with E-state index in [2.05, 4.69) is 15.2 Å². The van der Waals surface area contributed by atoms with Crippen molar-refractivity contribution in [2.45, 2.75) is 38.3 Å². The first-order valence-electron chi connectivity index (χ1n) is 9.35. The van der Waals surface area contributed by atoms with Gasteiger partial charge in [0, 0.05) is 37.5 Å². The summed E-state index contributed by atoms with van der Waals surface area (Å²) in [6.45, 7) is 3.87. The first kappa shape index (κ1) is 18.2. The van der Waals surface area contributed by atoms with Crippen LogP contribution < -0.4 is 5.32 Å². The minimum atomic E-state index is -2.86. The highest BCUT2D eigenvalue weighted by molar-refractivity contribution is 7.91. The molecule has 26 heavy (non-hydrogen) atoms. The number of fused-ring (bicyclic) bond motifs is 1. The maximum Gasteiger partial charge on any atom is 0.194 e. The molecule has 2 atom stereocenters. The van der Waals surface area contributed by atoms with Crippen LogP contribution in [0.5, 0.6) is 0 Å². The van der Waals surface area contributed by atoms with Crippen molar-refractivity contribution in [3.8, 4) is 0 Å². The Hall–Kier alpha value is -1.19. The molecule has 9 heteroatoms. The number of nitrogens with one attached hydrogen (secondary N) is 1. The summed E-state index contributed by atoms with van der Waals surface area (Å²) >= 11 is 1.69. The number of hydrogen-bond donors (Lipinski definition) is 1. The molecule has 2 saturated heterocycles. The molecule has 0 bridgehead atoms. The van der Waals surface area contributed by atoms with Crippen molar-refractivity contribution in [2.75, 3.05) is 37.7 Å². The standard InChI is InChI=1S/C17H26N4O3S2/c22-26(23)7-4-13(11-26)8-18-17(19-9-14-2-1-6-24-14)21-5-3-15-16(10-21)25-12-20-15/h12-14H,1-11H2,(H,18,19). The van der Waals surface area contributed by atoms with E-state index in [1.54, 1.807) is 11.3 Å². The predicted octanol–water partition coefficient (Wildman–Crippen LogP) is 1.06. The monoisotopic (exact) mass is 398 g/mol. The van der Waals surface area contributed by atoms with Gasteiger partial charge in [-0.3, -0.25) is 4.99 Å². The van der Waals surface area contributed by atoms with Crippen molar-refractivity contribution in [3.63, 3.8) is 0 Å². The molecular weight excluding hydrogens is 372 g/mol. The summed E-state index contributed by atoms with van der Waals surface area (Å²) in [6.07, 6.45) is 4.10. The van der Waals surface area contributed by atoms with Gasteiger partial charge < -0.3 is 15.0 Å². The molecule has 2 fully saturated rings. The van der Waals surface area contributed by atoms with Crippen molar-refractivity contribution < 1.29 is 13.2 Å². The largest absolute Gasteiger partial charge is 0.376 e. The summed E-state index contributed by atoms with van der Waals surface area (Å²) in [7, 11) is -2.86. The SMILES string of the molecule is O=S1(=O)CCC(CN=C(NCC2CCCO2)N2CCc3ncsc3C2)C1. The molecular formula is C17H26N4O3S2. The van der Waals surface area contributed by atoms with E-state index in [9.17, 15) is 8.42 Å². The second-order valence-electron chi connectivity index (χ2n) is 7.34. The third-order valence-electron chi connectivity index (χ3n) is 5.32. The highest BCUT2D eigenvalue weighted by Gasteiger charge is 2.28. The zero-order chi connectivity index (χ0) is 18.0. The van der Waals surface area contributed by atoms with Gasteiger partial charge in [0.2, 0.25) is 0 Å². The number of aromatic nitrogens is 1. The molecule has 0 aliphatic carbocycles. The fourth-order valence-electron chi connectivity index (χ4n) is 3.81. The maximum atomic E-state index is 11.7. The normalized spacial score (nSPS) is 28.3. The van der Waals surface area contributed by atoms with E-state index in [1.165, 1.54) is 10.6 Å². The van der Waals surface area contributed by atoms with Gasteiger partial charge in [0.15, 0.2) is 15.8 Å². The number of nitrogens with zero attached hydrogens (tertiary/aromatic N) is 3. The number of hydrogen-bond acceptors (Lipinski definition) is 6. The van der Waals surface area contributed by atoms with E-state index in [0.717, 1.165) is 57.9 Å². The summed E-state index contributed by atoms with van der Waals surface area (Å²) < 4.78 is 29.1. The Balaban J connectivity index is 1.43. The molecule has 2 unspecified atom stereocenters. The Bertz CT molecular complexity index is 756. The van der Waals surface area contributed by atoms with Crippen molar-refractivity contribution in [3.05, 3.63) is 16.1 Å². The van der Waals surface area contributed by atoms with Gasteiger partial charge in [0.25, 0.3) is 0 Å². The molecule has 1 aromatic rings. The first-order chi connectivity index (χ1) is 12.6. The number of guanidine groups is 1. The molecule has 7 nitrogen and oxygen atoms in total. The Morgan fingerprint density at radius 1 is 1.46 bits per heavy atom. The number of thiazole rings is 1. The van der Waals surface area contributed by atoms with Crippen molar-refractivity contribution >= 4 is 27.1 Å². The molecule has 0 radical (unpaired) electrons. The van der Waals surface area contributed by atoms with E-state index < -0.39 is 9.84 Å². The second-order valence-corrected chi connectivity index (χ2v) is 10.5. The van der Waals surface area contributed by atoms with Crippen LogP contribution in [0, 0.1) is 5.92 Å². The minimum absolute atomic E-state index is 0.142. The van der Waals surface area contributed by atoms with Crippen molar-refractivity contribution in [1.29, 1.82) is 0 Å². The van der Waals surface area contributed by atoms with Gasteiger partial charge in [-0.15, -0.1) is 11.3 Å². The fraction of sp³-hybridized carbons (Fsp3) is 0.765. The highest BCUT2D eigenvalue weighted by Crippen LogP contribution is 2.23. The molecule has 0 amide bonds. The average molecular weight is 399 g/mol. The van der Waals surface area contributed by atoms with Crippen LogP contribution in [0.4, 0.5) is 0 Å². The van der Waals surface area contributed by atoms with Gasteiger partial charge in [0.05, 0.1) is 35.4 Å². The van der Waals surface area contributed by atoms with Gasteiger partial charge in [0.1, 0.15) is 0 Å². The summed E-state index contributed by atoms with van der Waals surface area (Å²) in [5, 5.41) is 3.48. The quantitative estimate of drug-likeness (QED) is 0.603. The Morgan fingerprint density at radius 2 is 2.38 bits per heavy atom. The average Bonchev–Trinajstić information content (AvgIpc) is 3.35. The predicted molar refractivity (Wildman–Crippen MR) is 102 cm³/mol. The molecule has 144 valence electrons. The lowest BCUT2D eigenvalue weighted by Crippen LogP contribution is -2.46. The van der Waals surface area contributed by atoms with Gasteiger partial charge >= 0.3 is 0 Å². The number of sulfone groups is 1. The highest BCUT2D eigenvalue weighted by atomic mass is 32.2. The molecule has 1 N–H and O–H groups in total. The molecule has 1 aromatic heterocycles. The third kappa shape index (κ3) is 4.37. The third-order valence-corrected chi connectivity index (χ3v) is 8.01. The molecule has 4 rings (SSSR count). The zero-order valence-electron chi connectivity index (χ0n) is 14.9.